The summed E-state index contributed by atoms with van der Waals surface area (Å²) in [6.45, 7) is 3.95. The first-order chi connectivity index (χ1) is 12.4. The summed E-state index contributed by atoms with van der Waals surface area (Å²) in [4.78, 5) is 28.4. The summed E-state index contributed by atoms with van der Waals surface area (Å²) in [7, 11) is 0. The highest BCUT2D eigenvalue weighted by Gasteiger charge is 2.24. The van der Waals surface area contributed by atoms with Crippen molar-refractivity contribution in [2.24, 2.45) is 0 Å². The lowest BCUT2D eigenvalue weighted by molar-refractivity contribution is 0.0624. The van der Waals surface area contributed by atoms with Crippen molar-refractivity contribution >= 4 is 11.7 Å². The van der Waals surface area contributed by atoms with Crippen LogP contribution in [0.5, 0.6) is 0 Å². The fourth-order valence-corrected chi connectivity index (χ4v) is 3.03. The van der Waals surface area contributed by atoms with Crippen molar-refractivity contribution in [3.8, 4) is 0 Å². The molecule has 26 heavy (non-hydrogen) atoms. The van der Waals surface area contributed by atoms with Gasteiger partial charge in [0.2, 0.25) is 0 Å². The third-order valence-corrected chi connectivity index (χ3v) is 4.54. The highest BCUT2D eigenvalue weighted by atomic mass is 19.1. The number of hydrogen-bond donors (Lipinski definition) is 0. The Labute approximate surface area is 151 Å². The maximum Gasteiger partial charge on any atom is 0.253 e. The zero-order chi connectivity index (χ0) is 18.7. The Balaban J connectivity index is 1.56. The highest BCUT2D eigenvalue weighted by molar-refractivity contribution is 5.98. The molecule has 2 aromatic rings. The Morgan fingerprint density at radius 3 is 2.27 bits per heavy atom. The predicted molar refractivity (Wildman–Crippen MR) is 94.2 cm³/mol. The molecule has 0 N–H and O–H groups in total. The number of amides is 1. The van der Waals surface area contributed by atoms with Crippen LogP contribution >= 0.6 is 0 Å². The molecule has 136 valence electrons. The molecule has 2 aromatic carbocycles. The SMILES string of the molecule is Cc1ccc(F)c(C(=O)CN2CCN(C(=O)c3ccc(F)cc3)CC2)c1. The topological polar surface area (TPSA) is 40.6 Å². The van der Waals surface area contributed by atoms with Crippen LogP contribution in [0.25, 0.3) is 0 Å². The molecule has 3 rings (SSSR count). The van der Waals surface area contributed by atoms with Gasteiger partial charge in [-0.1, -0.05) is 11.6 Å². The summed E-state index contributed by atoms with van der Waals surface area (Å²) in [6.07, 6.45) is 0. The Morgan fingerprint density at radius 1 is 0.962 bits per heavy atom. The standard InChI is InChI=1S/C20H20F2N2O2/c1-14-2-7-18(22)17(12-14)19(25)13-23-8-10-24(11-9-23)20(26)15-3-5-16(21)6-4-15/h2-7,12H,8-11,13H2,1H3. The molecule has 0 saturated carbocycles. The minimum atomic E-state index is -0.509. The largest absolute Gasteiger partial charge is 0.336 e. The molecule has 1 fully saturated rings. The zero-order valence-electron chi connectivity index (χ0n) is 14.5. The van der Waals surface area contributed by atoms with Gasteiger partial charge in [-0.3, -0.25) is 14.5 Å². The number of aryl methyl sites for hydroxylation is 1. The van der Waals surface area contributed by atoms with Crippen LogP contribution in [0, 0.1) is 18.6 Å². The van der Waals surface area contributed by atoms with E-state index in [1.807, 2.05) is 11.8 Å². The lowest BCUT2D eigenvalue weighted by Gasteiger charge is -2.34. The monoisotopic (exact) mass is 358 g/mol. The Morgan fingerprint density at radius 2 is 1.62 bits per heavy atom. The summed E-state index contributed by atoms with van der Waals surface area (Å²) in [5.41, 5.74) is 1.39. The van der Waals surface area contributed by atoms with Crippen molar-refractivity contribution in [3.63, 3.8) is 0 Å². The fraction of sp³-hybridized carbons (Fsp3) is 0.300. The molecular weight excluding hydrogens is 338 g/mol. The van der Waals surface area contributed by atoms with Crippen molar-refractivity contribution in [1.29, 1.82) is 0 Å². The van der Waals surface area contributed by atoms with Crippen molar-refractivity contribution in [2.75, 3.05) is 32.7 Å². The summed E-state index contributed by atoms with van der Waals surface area (Å²) in [6, 6.07) is 9.96. The van der Waals surface area contributed by atoms with Gasteiger partial charge in [-0.25, -0.2) is 8.78 Å². The maximum atomic E-state index is 13.8. The minimum Gasteiger partial charge on any atom is -0.336 e. The molecule has 0 bridgehead atoms. The molecule has 1 heterocycles. The van der Waals surface area contributed by atoms with Crippen LogP contribution in [-0.2, 0) is 0 Å². The molecule has 1 saturated heterocycles. The first-order valence-corrected chi connectivity index (χ1v) is 8.50. The predicted octanol–water partition coefficient (Wildman–Crippen LogP) is 2.91. The average molecular weight is 358 g/mol. The lowest BCUT2D eigenvalue weighted by atomic mass is 10.1. The van der Waals surface area contributed by atoms with E-state index in [0.29, 0.717) is 31.7 Å². The Bertz CT molecular complexity index is 813. The van der Waals surface area contributed by atoms with Crippen LogP contribution < -0.4 is 0 Å². The number of hydrogen-bond acceptors (Lipinski definition) is 3. The Kier molecular flexibility index (Phi) is 5.42. The minimum absolute atomic E-state index is 0.106. The number of piperazine rings is 1. The van der Waals surface area contributed by atoms with Crippen LogP contribution in [0.1, 0.15) is 26.3 Å². The number of rotatable bonds is 4. The van der Waals surface area contributed by atoms with Crippen LogP contribution in [-0.4, -0.2) is 54.2 Å². The summed E-state index contributed by atoms with van der Waals surface area (Å²) >= 11 is 0. The lowest BCUT2D eigenvalue weighted by Crippen LogP contribution is -2.50. The number of benzene rings is 2. The van der Waals surface area contributed by atoms with Crippen LogP contribution in [0.15, 0.2) is 42.5 Å². The van der Waals surface area contributed by atoms with Crippen molar-refractivity contribution in [3.05, 3.63) is 70.8 Å². The van der Waals surface area contributed by atoms with Gasteiger partial charge < -0.3 is 4.90 Å². The van der Waals surface area contributed by atoms with E-state index in [0.717, 1.165) is 5.56 Å². The second-order valence-electron chi connectivity index (χ2n) is 6.48. The number of Topliss-reactive ketones (excluding diaryl/α,β-unsaturated/α-hetero) is 1. The zero-order valence-corrected chi connectivity index (χ0v) is 14.5. The molecule has 0 atom stereocenters. The summed E-state index contributed by atoms with van der Waals surface area (Å²) in [5, 5.41) is 0. The fourth-order valence-electron chi connectivity index (χ4n) is 3.03. The third-order valence-electron chi connectivity index (χ3n) is 4.54. The third kappa shape index (κ3) is 4.14. The molecule has 6 heteroatoms. The Hall–Kier alpha value is -2.60. The molecule has 1 amide bonds. The van der Waals surface area contributed by atoms with Crippen molar-refractivity contribution in [2.45, 2.75) is 6.92 Å². The van der Waals surface area contributed by atoms with Gasteiger partial charge in [-0.2, -0.15) is 0 Å². The van der Waals surface area contributed by atoms with E-state index in [-0.39, 0.29) is 29.6 Å². The van der Waals surface area contributed by atoms with Gasteiger partial charge in [0.25, 0.3) is 5.91 Å². The second-order valence-corrected chi connectivity index (χ2v) is 6.48. The number of carbonyl (C=O) groups is 2. The van der Waals surface area contributed by atoms with Crippen LogP contribution in [0.2, 0.25) is 0 Å². The van der Waals surface area contributed by atoms with E-state index in [2.05, 4.69) is 0 Å². The van der Waals surface area contributed by atoms with Gasteiger partial charge in [-0.05, 0) is 43.3 Å². The molecule has 0 aromatic heterocycles. The molecule has 0 unspecified atom stereocenters. The summed E-state index contributed by atoms with van der Waals surface area (Å²) in [5.74, 6) is -1.30. The maximum absolute atomic E-state index is 13.8. The molecule has 1 aliphatic rings. The van der Waals surface area contributed by atoms with Crippen molar-refractivity contribution < 1.29 is 18.4 Å². The first kappa shape index (κ1) is 18.2. The molecule has 4 nitrogen and oxygen atoms in total. The number of nitrogens with zero attached hydrogens (tertiary/aromatic N) is 2. The van der Waals surface area contributed by atoms with Gasteiger partial charge in [-0.15, -0.1) is 0 Å². The molecule has 0 radical (unpaired) electrons. The summed E-state index contributed by atoms with van der Waals surface area (Å²) < 4.78 is 26.8. The van der Waals surface area contributed by atoms with Gasteiger partial charge in [0, 0.05) is 31.7 Å². The van der Waals surface area contributed by atoms with E-state index in [1.165, 1.54) is 30.3 Å². The molecular formula is C20H20F2N2O2. The number of carbonyl (C=O) groups excluding carboxylic acids is 2. The quantitative estimate of drug-likeness (QED) is 0.789. The van der Waals surface area contributed by atoms with Crippen LogP contribution in [0.4, 0.5) is 8.78 Å². The van der Waals surface area contributed by atoms with Gasteiger partial charge in [0.05, 0.1) is 12.1 Å². The van der Waals surface area contributed by atoms with E-state index >= 15 is 0 Å². The average Bonchev–Trinajstić information content (AvgIpc) is 2.64. The first-order valence-electron chi connectivity index (χ1n) is 8.50. The van der Waals surface area contributed by atoms with E-state index in [4.69, 9.17) is 0 Å². The normalized spacial score (nSPS) is 15.1. The molecule has 0 aliphatic carbocycles. The highest BCUT2D eigenvalue weighted by Crippen LogP contribution is 2.14. The number of ketones is 1. The van der Waals surface area contributed by atoms with Gasteiger partial charge in [0.1, 0.15) is 11.6 Å². The van der Waals surface area contributed by atoms with Gasteiger partial charge >= 0.3 is 0 Å². The molecule has 0 spiro atoms. The molecule has 1 aliphatic heterocycles. The smallest absolute Gasteiger partial charge is 0.253 e. The second kappa shape index (κ2) is 7.74. The van der Waals surface area contributed by atoms with Crippen molar-refractivity contribution in [1.82, 2.24) is 9.80 Å². The van der Waals surface area contributed by atoms with E-state index in [1.54, 1.807) is 17.0 Å². The van der Waals surface area contributed by atoms with E-state index in [9.17, 15) is 18.4 Å². The number of halogens is 2. The van der Waals surface area contributed by atoms with Gasteiger partial charge in [0.15, 0.2) is 5.78 Å². The van der Waals surface area contributed by atoms with E-state index < -0.39 is 5.82 Å². The van der Waals surface area contributed by atoms with Crippen LogP contribution in [0.3, 0.4) is 0 Å².